The molecule has 0 unspecified atom stereocenters. The van der Waals surface area contributed by atoms with Crippen LogP contribution >= 0.6 is 0 Å². The van der Waals surface area contributed by atoms with Crippen molar-refractivity contribution in [2.75, 3.05) is 29.9 Å². The molecular weight excluding hydrogens is 416 g/mol. The number of fused-ring (bicyclic) bond motifs is 1. The van der Waals surface area contributed by atoms with Gasteiger partial charge in [-0.25, -0.2) is 18.6 Å². The molecule has 2 saturated heterocycles. The molecule has 2 aliphatic rings. The molecule has 2 fully saturated rings. The molecule has 0 spiro atoms. The molecule has 1 aromatic carbocycles. The van der Waals surface area contributed by atoms with Crippen LogP contribution in [0.4, 0.5) is 25.2 Å². The minimum atomic E-state index is -0.463. The van der Waals surface area contributed by atoms with Crippen LogP contribution in [0.25, 0.3) is 5.65 Å². The van der Waals surface area contributed by atoms with Crippen LogP contribution in [-0.4, -0.2) is 51.2 Å². The molecule has 2 amide bonds. The molecule has 1 atom stereocenters. The van der Waals surface area contributed by atoms with E-state index in [-0.39, 0.29) is 18.1 Å². The molecule has 2 aliphatic heterocycles. The number of amides is 2. The van der Waals surface area contributed by atoms with Gasteiger partial charge < -0.3 is 15.5 Å². The lowest BCUT2D eigenvalue weighted by Crippen LogP contribution is -2.44. The zero-order valence-corrected chi connectivity index (χ0v) is 17.5. The van der Waals surface area contributed by atoms with Crippen LogP contribution in [0.5, 0.6) is 0 Å². The first-order valence-corrected chi connectivity index (χ1v) is 10.9. The normalized spacial score (nSPS) is 19.7. The fourth-order valence-corrected chi connectivity index (χ4v) is 4.53. The Morgan fingerprint density at radius 1 is 1.09 bits per heavy atom. The van der Waals surface area contributed by atoms with E-state index in [0.717, 1.165) is 31.4 Å². The summed E-state index contributed by atoms with van der Waals surface area (Å²) in [7, 11) is 0. The largest absolute Gasteiger partial charge is 0.348 e. The number of hydrogen-bond acceptors (Lipinski definition) is 5. The zero-order chi connectivity index (χ0) is 22.2. The number of carbonyl (C=O) groups excluding carboxylic acids is 1. The van der Waals surface area contributed by atoms with Crippen LogP contribution in [0, 0.1) is 11.6 Å². The average molecular weight is 441 g/mol. The van der Waals surface area contributed by atoms with E-state index in [1.54, 1.807) is 21.7 Å². The third-order valence-corrected chi connectivity index (χ3v) is 6.27. The van der Waals surface area contributed by atoms with Crippen molar-refractivity contribution in [1.82, 2.24) is 19.5 Å². The molecule has 168 valence electrons. The van der Waals surface area contributed by atoms with Gasteiger partial charge in [-0.3, -0.25) is 5.32 Å². The van der Waals surface area contributed by atoms with Gasteiger partial charge in [-0.2, -0.15) is 4.52 Å². The van der Waals surface area contributed by atoms with Gasteiger partial charge in [-0.15, -0.1) is 5.10 Å². The first-order valence-electron chi connectivity index (χ1n) is 10.9. The maximum absolute atomic E-state index is 14.4. The zero-order valence-electron chi connectivity index (χ0n) is 17.5. The molecule has 0 bridgehead atoms. The first kappa shape index (κ1) is 20.6. The minimum absolute atomic E-state index is 0.135. The molecular formula is C22H25F2N7O. The second kappa shape index (κ2) is 8.34. The Labute approximate surface area is 184 Å². The fraction of sp³-hybridized carbons (Fsp3) is 0.409. The summed E-state index contributed by atoms with van der Waals surface area (Å²) in [5, 5.41) is 7.55. The van der Waals surface area contributed by atoms with Crippen molar-refractivity contribution >= 4 is 23.3 Å². The summed E-state index contributed by atoms with van der Waals surface area (Å²) in [6.45, 7) is 1.89. The summed E-state index contributed by atoms with van der Waals surface area (Å²) in [5.41, 5.74) is 6.83. The van der Waals surface area contributed by atoms with Crippen LogP contribution in [0.2, 0.25) is 0 Å². The highest BCUT2D eigenvalue weighted by Crippen LogP contribution is 2.36. The van der Waals surface area contributed by atoms with Crippen molar-refractivity contribution < 1.29 is 13.6 Å². The quantitative estimate of drug-likeness (QED) is 0.651. The highest BCUT2D eigenvalue weighted by Gasteiger charge is 2.30. The molecule has 10 heteroatoms. The van der Waals surface area contributed by atoms with Gasteiger partial charge in [-0.1, -0.05) is 0 Å². The summed E-state index contributed by atoms with van der Waals surface area (Å²) in [5.74, 6) is 0.173. The van der Waals surface area contributed by atoms with Gasteiger partial charge in [0.1, 0.15) is 17.5 Å². The maximum atomic E-state index is 14.4. The van der Waals surface area contributed by atoms with Crippen molar-refractivity contribution in [1.29, 1.82) is 0 Å². The van der Waals surface area contributed by atoms with Gasteiger partial charge in [0.2, 0.25) is 0 Å². The number of anilines is 2. The summed E-state index contributed by atoms with van der Waals surface area (Å²) in [6.07, 6.45) is 4.65. The van der Waals surface area contributed by atoms with Crippen molar-refractivity contribution in [3.8, 4) is 0 Å². The van der Waals surface area contributed by atoms with Gasteiger partial charge in [0, 0.05) is 31.2 Å². The fourth-order valence-electron chi connectivity index (χ4n) is 4.53. The lowest BCUT2D eigenvalue weighted by Gasteiger charge is -2.30. The van der Waals surface area contributed by atoms with Gasteiger partial charge in [0.15, 0.2) is 11.5 Å². The second-order valence-electron chi connectivity index (χ2n) is 8.38. The Balaban J connectivity index is 1.41. The predicted octanol–water partition coefficient (Wildman–Crippen LogP) is 3.30. The van der Waals surface area contributed by atoms with Crippen LogP contribution in [0.3, 0.4) is 0 Å². The van der Waals surface area contributed by atoms with Crippen molar-refractivity contribution in [2.24, 2.45) is 5.73 Å². The SMILES string of the molecule is NC1CCN(C(=O)Nc2cnc3ccc(N4CCC[C@@H]4c4cc(F)ccc4F)nn23)CC1. The number of carbonyl (C=O) groups is 1. The van der Waals surface area contributed by atoms with E-state index < -0.39 is 11.6 Å². The number of halogens is 2. The lowest BCUT2D eigenvalue weighted by molar-refractivity contribution is 0.195. The maximum Gasteiger partial charge on any atom is 0.323 e. The third-order valence-electron chi connectivity index (χ3n) is 6.27. The molecule has 5 rings (SSSR count). The Bertz CT molecular complexity index is 1140. The van der Waals surface area contributed by atoms with E-state index in [1.807, 2.05) is 11.0 Å². The molecule has 0 saturated carbocycles. The summed E-state index contributed by atoms with van der Waals surface area (Å²) in [4.78, 5) is 20.7. The van der Waals surface area contributed by atoms with Crippen molar-refractivity contribution in [2.45, 2.75) is 37.8 Å². The number of rotatable bonds is 3. The highest BCUT2D eigenvalue weighted by atomic mass is 19.1. The number of urea groups is 1. The lowest BCUT2D eigenvalue weighted by atomic mass is 10.0. The number of nitrogens with two attached hydrogens (primary N) is 1. The molecule has 3 N–H and O–H groups in total. The monoisotopic (exact) mass is 441 g/mol. The number of imidazole rings is 1. The second-order valence-corrected chi connectivity index (χ2v) is 8.38. The number of piperidine rings is 1. The predicted molar refractivity (Wildman–Crippen MR) is 116 cm³/mol. The van der Waals surface area contributed by atoms with Crippen LogP contribution in [0.1, 0.15) is 37.3 Å². The van der Waals surface area contributed by atoms with E-state index in [4.69, 9.17) is 5.73 Å². The van der Waals surface area contributed by atoms with Crippen molar-refractivity contribution in [3.05, 3.63) is 53.7 Å². The number of aromatic nitrogens is 3. The topological polar surface area (TPSA) is 91.8 Å². The molecule has 4 heterocycles. The number of nitrogens with one attached hydrogen (secondary N) is 1. The van der Waals surface area contributed by atoms with E-state index in [0.29, 0.717) is 48.9 Å². The Hall–Kier alpha value is -3.27. The summed E-state index contributed by atoms with van der Waals surface area (Å²) >= 11 is 0. The number of likely N-dealkylation sites (tertiary alicyclic amines) is 1. The van der Waals surface area contributed by atoms with Crippen molar-refractivity contribution in [3.63, 3.8) is 0 Å². The van der Waals surface area contributed by atoms with E-state index in [9.17, 15) is 13.6 Å². The first-order chi connectivity index (χ1) is 15.5. The highest BCUT2D eigenvalue weighted by molar-refractivity contribution is 5.88. The summed E-state index contributed by atoms with van der Waals surface area (Å²) < 4.78 is 29.8. The smallest absolute Gasteiger partial charge is 0.323 e. The van der Waals surface area contributed by atoms with Gasteiger partial charge in [0.25, 0.3) is 0 Å². The van der Waals surface area contributed by atoms with E-state index in [2.05, 4.69) is 15.4 Å². The van der Waals surface area contributed by atoms with Gasteiger partial charge >= 0.3 is 6.03 Å². The molecule has 32 heavy (non-hydrogen) atoms. The van der Waals surface area contributed by atoms with Crippen LogP contribution in [-0.2, 0) is 0 Å². The third kappa shape index (κ3) is 3.86. The van der Waals surface area contributed by atoms with Crippen LogP contribution in [0.15, 0.2) is 36.5 Å². The molecule has 8 nitrogen and oxygen atoms in total. The van der Waals surface area contributed by atoms with E-state index >= 15 is 0 Å². The standard InChI is InChI=1S/C22H25F2N7O/c23-14-3-4-17(24)16(12-14)18-2-1-9-30(18)20-6-5-19-26-13-21(31(19)28-20)27-22(32)29-10-7-15(25)8-11-29/h3-6,12-13,15,18H,1-2,7-11,25H2,(H,27,32)/t18-/m1/s1. The Kier molecular flexibility index (Phi) is 5.38. The molecule has 0 aliphatic carbocycles. The number of benzene rings is 1. The summed E-state index contributed by atoms with van der Waals surface area (Å²) in [6, 6.07) is 6.76. The number of nitrogens with zero attached hydrogens (tertiary/aromatic N) is 5. The van der Waals surface area contributed by atoms with Gasteiger partial charge in [0.05, 0.1) is 12.2 Å². The average Bonchev–Trinajstić information content (AvgIpc) is 3.43. The number of hydrogen-bond donors (Lipinski definition) is 2. The Morgan fingerprint density at radius 2 is 1.91 bits per heavy atom. The minimum Gasteiger partial charge on any atom is -0.348 e. The van der Waals surface area contributed by atoms with E-state index in [1.165, 1.54) is 6.07 Å². The molecule has 0 radical (unpaired) electrons. The van der Waals surface area contributed by atoms with Crippen LogP contribution < -0.4 is 16.0 Å². The Morgan fingerprint density at radius 3 is 2.72 bits per heavy atom. The molecule has 2 aromatic heterocycles. The van der Waals surface area contributed by atoms with Gasteiger partial charge in [-0.05, 0) is 56.0 Å². The molecule has 3 aromatic rings.